The minimum Gasteiger partial charge on any atom is -0.321 e. The molecule has 166 valence electrons. The molecular formula is C23H25F4N3O. The van der Waals surface area contributed by atoms with Crippen LogP contribution in [-0.4, -0.2) is 26.9 Å². The molecule has 2 aliphatic carbocycles. The maximum Gasteiger partial charge on any atom is 0.281 e. The normalized spacial score (nSPS) is 26.2. The lowest BCUT2D eigenvalue weighted by Crippen LogP contribution is -2.60. The average molecular weight is 435 g/mol. The van der Waals surface area contributed by atoms with Gasteiger partial charge in [0.05, 0.1) is 11.1 Å². The molecule has 0 N–H and O–H groups in total. The van der Waals surface area contributed by atoms with Gasteiger partial charge in [0.1, 0.15) is 23.2 Å². The van der Waals surface area contributed by atoms with E-state index in [2.05, 4.69) is 18.0 Å². The van der Waals surface area contributed by atoms with Crippen LogP contribution in [0.25, 0.3) is 11.0 Å². The number of nitriles is 1. The quantitative estimate of drug-likeness (QED) is 0.531. The summed E-state index contributed by atoms with van der Waals surface area (Å²) in [6.45, 7) is 2.91. The largest absolute Gasteiger partial charge is 0.321 e. The maximum absolute atomic E-state index is 14.4. The number of fused-ring (bicyclic) bond motifs is 1. The lowest BCUT2D eigenvalue weighted by atomic mass is 9.66. The third-order valence-electron chi connectivity index (χ3n) is 7.23. The van der Waals surface area contributed by atoms with Crippen molar-refractivity contribution >= 4 is 16.8 Å². The van der Waals surface area contributed by atoms with Gasteiger partial charge >= 0.3 is 0 Å². The molecule has 31 heavy (non-hydrogen) atoms. The van der Waals surface area contributed by atoms with Crippen molar-refractivity contribution in [2.24, 2.45) is 5.92 Å². The maximum atomic E-state index is 14.4. The molecule has 0 amide bonds. The average Bonchev–Trinajstić information content (AvgIpc) is 3.06. The molecule has 4 rings (SSSR count). The minimum absolute atomic E-state index is 0.117. The predicted molar refractivity (Wildman–Crippen MR) is 107 cm³/mol. The second kappa shape index (κ2) is 7.32. The summed E-state index contributed by atoms with van der Waals surface area (Å²) in [4.78, 5) is 16.7. The Morgan fingerprint density at radius 1 is 1.29 bits per heavy atom. The first-order chi connectivity index (χ1) is 14.5. The number of ketones is 1. The first-order valence-corrected chi connectivity index (χ1v) is 10.7. The number of aromatic nitrogens is 2. The van der Waals surface area contributed by atoms with E-state index in [9.17, 15) is 27.6 Å². The number of carbonyl (C=O) groups excluding carboxylic acids is 1. The highest BCUT2D eigenvalue weighted by Gasteiger charge is 2.66. The zero-order valence-corrected chi connectivity index (χ0v) is 17.7. The van der Waals surface area contributed by atoms with Gasteiger partial charge in [0.25, 0.3) is 5.92 Å². The first-order valence-electron chi connectivity index (χ1n) is 10.7. The van der Waals surface area contributed by atoms with Gasteiger partial charge in [0.15, 0.2) is 11.5 Å². The number of alkyl halides is 3. The van der Waals surface area contributed by atoms with Crippen LogP contribution in [0.1, 0.15) is 70.2 Å². The van der Waals surface area contributed by atoms with Crippen molar-refractivity contribution in [3.8, 4) is 6.07 Å². The topological polar surface area (TPSA) is 58.7 Å². The van der Waals surface area contributed by atoms with Crippen molar-refractivity contribution in [2.45, 2.75) is 82.3 Å². The van der Waals surface area contributed by atoms with E-state index in [1.807, 2.05) is 4.57 Å². The van der Waals surface area contributed by atoms with Gasteiger partial charge in [-0.3, -0.25) is 4.79 Å². The third kappa shape index (κ3) is 3.42. The molecule has 1 aromatic heterocycles. The van der Waals surface area contributed by atoms with Crippen LogP contribution in [0.2, 0.25) is 0 Å². The van der Waals surface area contributed by atoms with E-state index in [0.29, 0.717) is 29.7 Å². The van der Waals surface area contributed by atoms with Crippen molar-refractivity contribution in [3.63, 3.8) is 0 Å². The Morgan fingerprint density at radius 3 is 2.55 bits per heavy atom. The highest BCUT2D eigenvalue weighted by Crippen LogP contribution is 2.55. The predicted octanol–water partition coefficient (Wildman–Crippen LogP) is 5.61. The molecule has 0 saturated heterocycles. The van der Waals surface area contributed by atoms with E-state index in [0.717, 1.165) is 26.2 Å². The van der Waals surface area contributed by atoms with E-state index in [1.54, 1.807) is 0 Å². The van der Waals surface area contributed by atoms with Crippen LogP contribution in [0.15, 0.2) is 12.1 Å². The molecule has 1 heterocycles. The van der Waals surface area contributed by atoms with Gasteiger partial charge in [-0.25, -0.2) is 22.5 Å². The van der Waals surface area contributed by atoms with Gasteiger partial charge in [-0.1, -0.05) is 0 Å². The third-order valence-corrected chi connectivity index (χ3v) is 7.23. The fourth-order valence-electron chi connectivity index (χ4n) is 4.90. The van der Waals surface area contributed by atoms with Gasteiger partial charge < -0.3 is 4.57 Å². The lowest BCUT2D eigenvalue weighted by molar-refractivity contribution is -0.242. The van der Waals surface area contributed by atoms with Gasteiger partial charge in [0, 0.05) is 37.1 Å². The first kappa shape index (κ1) is 21.8. The number of rotatable bonds is 7. The molecule has 2 fully saturated rings. The zero-order chi connectivity index (χ0) is 22.6. The van der Waals surface area contributed by atoms with Crippen molar-refractivity contribution < 1.29 is 22.4 Å². The number of nitrogens with zero attached hydrogens (tertiary/aromatic N) is 3. The Balaban J connectivity index is 1.50. The van der Waals surface area contributed by atoms with E-state index in [1.165, 1.54) is 12.1 Å². The van der Waals surface area contributed by atoms with Crippen molar-refractivity contribution in [3.05, 3.63) is 29.3 Å². The zero-order valence-electron chi connectivity index (χ0n) is 17.7. The minimum atomic E-state index is -3.37. The Hall–Kier alpha value is -2.43. The van der Waals surface area contributed by atoms with Gasteiger partial charge in [0.2, 0.25) is 0 Å². The van der Waals surface area contributed by atoms with Crippen LogP contribution >= 0.6 is 0 Å². The van der Waals surface area contributed by atoms with Crippen LogP contribution in [-0.2, 0) is 16.8 Å². The Kier molecular flexibility index (Phi) is 5.14. The van der Waals surface area contributed by atoms with E-state index in [-0.39, 0.29) is 29.7 Å². The number of imidazole rings is 1. The van der Waals surface area contributed by atoms with Crippen molar-refractivity contribution in [1.82, 2.24) is 9.55 Å². The van der Waals surface area contributed by atoms with E-state index in [4.69, 9.17) is 0 Å². The Labute approximate surface area is 178 Å². The van der Waals surface area contributed by atoms with Crippen LogP contribution in [0.5, 0.6) is 0 Å². The monoisotopic (exact) mass is 435 g/mol. The Bertz CT molecular complexity index is 1080. The molecule has 0 bridgehead atoms. The smallest absolute Gasteiger partial charge is 0.281 e. The molecular weight excluding hydrogens is 410 g/mol. The van der Waals surface area contributed by atoms with Crippen LogP contribution in [0.4, 0.5) is 17.6 Å². The number of aryl methyl sites for hydroxylation is 1. The molecule has 0 spiro atoms. The van der Waals surface area contributed by atoms with Crippen molar-refractivity contribution in [1.29, 1.82) is 5.26 Å². The van der Waals surface area contributed by atoms with Crippen LogP contribution < -0.4 is 0 Å². The fourth-order valence-corrected chi connectivity index (χ4v) is 4.90. The number of benzene rings is 1. The summed E-state index contributed by atoms with van der Waals surface area (Å²) in [5.74, 6) is -4.48. The summed E-state index contributed by atoms with van der Waals surface area (Å²) in [7, 11) is 0. The number of hydrogen-bond donors (Lipinski definition) is 0. The molecule has 2 aromatic rings. The second-order valence-electron chi connectivity index (χ2n) is 9.40. The fraction of sp³-hybridized carbons (Fsp3) is 0.609. The highest BCUT2D eigenvalue weighted by molar-refractivity contribution is 5.83. The SMILES string of the molecule is CC1(n2c(CCCC(=O)CC3CC(F)(F)C3(C)F)nc3c(F)ccc(C#N)c32)CCC1. The standard InChI is InChI=1S/C23H25F4N3O/c1-21(9-4-10-21)30-18(29-19-17(24)8-7-14(13-28)20(19)30)6-3-5-16(31)11-15-12-23(26,27)22(15,2)25/h7-8,15H,3-6,9-12H2,1-2H3. The number of carbonyl (C=O) groups is 1. The molecule has 0 radical (unpaired) electrons. The summed E-state index contributed by atoms with van der Waals surface area (Å²) in [5, 5.41) is 9.52. The molecule has 8 heteroatoms. The highest BCUT2D eigenvalue weighted by atomic mass is 19.3. The van der Waals surface area contributed by atoms with Crippen molar-refractivity contribution in [2.75, 3.05) is 0 Å². The van der Waals surface area contributed by atoms with Crippen LogP contribution in [0.3, 0.4) is 0 Å². The summed E-state index contributed by atoms with van der Waals surface area (Å²) in [5.41, 5.74) is -1.91. The lowest BCUT2D eigenvalue weighted by Gasteiger charge is -2.47. The molecule has 2 saturated carbocycles. The molecule has 4 nitrogen and oxygen atoms in total. The summed E-state index contributed by atoms with van der Waals surface area (Å²) in [6, 6.07) is 4.80. The van der Waals surface area contributed by atoms with Gasteiger partial charge in [-0.05, 0) is 51.7 Å². The molecule has 0 aliphatic heterocycles. The van der Waals surface area contributed by atoms with E-state index >= 15 is 0 Å². The summed E-state index contributed by atoms with van der Waals surface area (Å²) < 4.78 is 57.1. The van der Waals surface area contributed by atoms with Gasteiger partial charge in [-0.15, -0.1) is 0 Å². The van der Waals surface area contributed by atoms with Crippen LogP contribution in [0, 0.1) is 23.1 Å². The summed E-state index contributed by atoms with van der Waals surface area (Å²) >= 11 is 0. The number of halogens is 4. The number of hydrogen-bond acceptors (Lipinski definition) is 3. The molecule has 2 aliphatic rings. The molecule has 1 aromatic carbocycles. The second-order valence-corrected chi connectivity index (χ2v) is 9.40. The van der Waals surface area contributed by atoms with Gasteiger partial charge in [-0.2, -0.15) is 5.26 Å². The van der Waals surface area contributed by atoms with E-state index < -0.39 is 29.7 Å². The Morgan fingerprint density at radius 2 is 2.00 bits per heavy atom. The summed E-state index contributed by atoms with van der Waals surface area (Å²) in [6.07, 6.45) is 2.89. The molecule has 2 atom stereocenters. The molecule has 2 unspecified atom stereocenters. The number of Topliss-reactive ketones (excluding diaryl/α,β-unsaturated/α-hetero) is 1.